The Bertz CT molecular complexity index is 1100. The first-order valence-electron chi connectivity index (χ1n) is 11.3. The van der Waals surface area contributed by atoms with E-state index in [0.29, 0.717) is 12.2 Å². The van der Waals surface area contributed by atoms with Gasteiger partial charge in [0.2, 0.25) is 21.8 Å². The molecule has 0 aliphatic carbocycles. The highest BCUT2D eigenvalue weighted by Crippen LogP contribution is 2.25. The number of aryl methyl sites for hydroxylation is 2. The number of rotatable bonds is 11. The van der Waals surface area contributed by atoms with Crippen LogP contribution >= 0.6 is 15.9 Å². The van der Waals surface area contributed by atoms with Crippen molar-refractivity contribution in [3.05, 3.63) is 63.6 Å². The third kappa shape index (κ3) is 7.84. The molecule has 2 amide bonds. The van der Waals surface area contributed by atoms with Crippen molar-refractivity contribution in [1.82, 2.24) is 10.2 Å². The predicted molar refractivity (Wildman–Crippen MR) is 140 cm³/mol. The van der Waals surface area contributed by atoms with Crippen LogP contribution in [0.3, 0.4) is 0 Å². The monoisotopic (exact) mass is 551 g/mol. The van der Waals surface area contributed by atoms with Crippen LogP contribution in [0.25, 0.3) is 0 Å². The van der Waals surface area contributed by atoms with Crippen LogP contribution in [0.2, 0.25) is 0 Å². The Kier molecular flexibility index (Phi) is 10.1. The molecule has 0 aromatic heterocycles. The maximum Gasteiger partial charge on any atom is 0.244 e. The van der Waals surface area contributed by atoms with E-state index in [1.165, 1.54) is 4.90 Å². The highest BCUT2D eigenvalue weighted by Gasteiger charge is 2.30. The van der Waals surface area contributed by atoms with E-state index in [1.54, 1.807) is 25.1 Å². The number of sulfonamides is 1. The molecule has 0 saturated heterocycles. The van der Waals surface area contributed by atoms with Crippen molar-refractivity contribution in [1.29, 1.82) is 0 Å². The van der Waals surface area contributed by atoms with Crippen LogP contribution in [0, 0.1) is 13.8 Å². The van der Waals surface area contributed by atoms with Crippen LogP contribution in [-0.4, -0.2) is 50.5 Å². The lowest BCUT2D eigenvalue weighted by Crippen LogP contribution is -2.51. The molecular formula is C25H34BrN3O4S. The Balaban J connectivity index is 2.35. The molecule has 0 aliphatic heterocycles. The Hall–Kier alpha value is -2.39. The van der Waals surface area contributed by atoms with Gasteiger partial charge in [0.1, 0.15) is 12.6 Å². The fraction of sp³-hybridized carbons (Fsp3) is 0.440. The van der Waals surface area contributed by atoms with Gasteiger partial charge >= 0.3 is 0 Å². The number of nitrogens with zero attached hydrogens (tertiary/aromatic N) is 2. The Morgan fingerprint density at radius 1 is 1.09 bits per heavy atom. The summed E-state index contributed by atoms with van der Waals surface area (Å²) in [6, 6.07) is 12.0. The molecule has 0 fully saturated rings. The summed E-state index contributed by atoms with van der Waals surface area (Å²) in [5, 5.41) is 2.87. The van der Waals surface area contributed by atoms with E-state index in [2.05, 4.69) is 21.2 Å². The molecule has 0 aliphatic rings. The topological polar surface area (TPSA) is 86.8 Å². The average molecular weight is 553 g/mol. The number of benzene rings is 2. The minimum absolute atomic E-state index is 0.193. The summed E-state index contributed by atoms with van der Waals surface area (Å²) in [5.74, 6) is -0.719. The van der Waals surface area contributed by atoms with E-state index < -0.39 is 28.5 Å². The summed E-state index contributed by atoms with van der Waals surface area (Å²) in [4.78, 5) is 27.7. The first-order chi connectivity index (χ1) is 15.9. The average Bonchev–Trinajstić information content (AvgIpc) is 2.77. The highest BCUT2D eigenvalue weighted by molar-refractivity contribution is 9.10. The first kappa shape index (κ1) is 27.9. The van der Waals surface area contributed by atoms with Crippen molar-refractivity contribution in [2.24, 2.45) is 0 Å². The van der Waals surface area contributed by atoms with E-state index in [9.17, 15) is 18.0 Å². The maximum absolute atomic E-state index is 13.5. The summed E-state index contributed by atoms with van der Waals surface area (Å²) < 4.78 is 27.2. The molecule has 2 aromatic carbocycles. The lowest BCUT2D eigenvalue weighted by Gasteiger charge is -2.31. The second-order valence-electron chi connectivity index (χ2n) is 8.53. The molecule has 2 rings (SSSR count). The molecule has 2 aromatic rings. The van der Waals surface area contributed by atoms with Crippen LogP contribution in [0.5, 0.6) is 0 Å². The third-order valence-electron chi connectivity index (χ3n) is 5.58. The van der Waals surface area contributed by atoms with E-state index in [-0.39, 0.29) is 12.5 Å². The molecule has 0 heterocycles. The molecule has 9 heteroatoms. The number of carbonyl (C=O) groups excluding carboxylic acids is 2. The zero-order chi connectivity index (χ0) is 25.5. The van der Waals surface area contributed by atoms with Crippen LogP contribution in [-0.2, 0) is 26.2 Å². The Morgan fingerprint density at radius 3 is 2.29 bits per heavy atom. The second-order valence-corrected chi connectivity index (χ2v) is 11.3. The fourth-order valence-corrected chi connectivity index (χ4v) is 4.49. The third-order valence-corrected chi connectivity index (χ3v) is 7.61. The van der Waals surface area contributed by atoms with Crippen molar-refractivity contribution < 1.29 is 18.0 Å². The number of anilines is 1. The molecule has 0 unspecified atom stereocenters. The molecule has 186 valence electrons. The standard InChI is InChI=1S/C25H34BrN3O4S/c1-6-7-14-27-25(31)20(4)28(16-21-10-8-18(2)9-11-21)24(30)17-29(34(5,32)33)22-12-13-23(26)19(3)15-22/h8-13,15,20H,6-7,14,16-17H2,1-5H3,(H,27,31)/t20-/m1/s1. The Labute approximate surface area is 211 Å². The van der Waals surface area contributed by atoms with Gasteiger partial charge in [-0.25, -0.2) is 8.42 Å². The Morgan fingerprint density at radius 2 is 1.74 bits per heavy atom. The first-order valence-corrected chi connectivity index (χ1v) is 13.9. The summed E-state index contributed by atoms with van der Waals surface area (Å²) in [7, 11) is -3.75. The van der Waals surface area contributed by atoms with Gasteiger partial charge in [0.25, 0.3) is 0 Å². The number of unbranched alkanes of at least 4 members (excludes halogenated alkanes) is 1. The van der Waals surface area contributed by atoms with Gasteiger partial charge in [-0.15, -0.1) is 0 Å². The van der Waals surface area contributed by atoms with Crippen molar-refractivity contribution in [2.45, 2.75) is 53.1 Å². The minimum atomic E-state index is -3.75. The number of amides is 2. The van der Waals surface area contributed by atoms with Crippen LogP contribution in [0.1, 0.15) is 43.4 Å². The van der Waals surface area contributed by atoms with Crippen LogP contribution in [0.4, 0.5) is 5.69 Å². The largest absolute Gasteiger partial charge is 0.354 e. The molecule has 0 bridgehead atoms. The number of carbonyl (C=O) groups is 2. The zero-order valence-electron chi connectivity index (χ0n) is 20.5. The molecule has 1 atom stereocenters. The molecular weight excluding hydrogens is 518 g/mol. The fourth-order valence-electron chi connectivity index (χ4n) is 3.41. The van der Waals surface area contributed by atoms with E-state index in [1.807, 2.05) is 45.0 Å². The molecule has 1 N–H and O–H groups in total. The van der Waals surface area contributed by atoms with Crippen molar-refractivity contribution in [2.75, 3.05) is 23.7 Å². The van der Waals surface area contributed by atoms with E-state index in [4.69, 9.17) is 0 Å². The number of hydrogen-bond donors (Lipinski definition) is 1. The molecule has 0 saturated carbocycles. The quantitative estimate of drug-likeness (QED) is 0.424. The molecule has 7 nitrogen and oxygen atoms in total. The van der Waals surface area contributed by atoms with Gasteiger partial charge in [0.05, 0.1) is 11.9 Å². The minimum Gasteiger partial charge on any atom is -0.354 e. The van der Waals surface area contributed by atoms with Gasteiger partial charge in [-0.2, -0.15) is 0 Å². The normalized spacial score (nSPS) is 12.2. The van der Waals surface area contributed by atoms with Gasteiger partial charge in [0, 0.05) is 17.6 Å². The summed E-state index contributed by atoms with van der Waals surface area (Å²) in [5.41, 5.74) is 3.18. The van der Waals surface area contributed by atoms with Gasteiger partial charge in [0.15, 0.2) is 0 Å². The second kappa shape index (κ2) is 12.4. The number of halogens is 1. The number of hydrogen-bond acceptors (Lipinski definition) is 4. The van der Waals surface area contributed by atoms with Crippen LogP contribution < -0.4 is 9.62 Å². The van der Waals surface area contributed by atoms with Gasteiger partial charge < -0.3 is 10.2 Å². The van der Waals surface area contributed by atoms with Crippen LogP contribution in [0.15, 0.2) is 46.9 Å². The van der Waals surface area contributed by atoms with Crippen molar-refractivity contribution in [3.8, 4) is 0 Å². The van der Waals surface area contributed by atoms with E-state index >= 15 is 0 Å². The lowest BCUT2D eigenvalue weighted by atomic mass is 10.1. The highest BCUT2D eigenvalue weighted by atomic mass is 79.9. The summed E-state index contributed by atoms with van der Waals surface area (Å²) >= 11 is 3.42. The van der Waals surface area contributed by atoms with Gasteiger partial charge in [-0.1, -0.05) is 59.1 Å². The predicted octanol–water partition coefficient (Wildman–Crippen LogP) is 4.17. The number of nitrogens with one attached hydrogen (secondary N) is 1. The smallest absolute Gasteiger partial charge is 0.244 e. The zero-order valence-corrected chi connectivity index (χ0v) is 22.9. The molecule has 34 heavy (non-hydrogen) atoms. The maximum atomic E-state index is 13.5. The van der Waals surface area contributed by atoms with Gasteiger partial charge in [-0.05, 0) is 56.5 Å². The van der Waals surface area contributed by atoms with Crippen molar-refractivity contribution in [3.63, 3.8) is 0 Å². The van der Waals surface area contributed by atoms with E-state index in [0.717, 1.165) is 44.6 Å². The SMILES string of the molecule is CCCCNC(=O)[C@@H](C)N(Cc1ccc(C)cc1)C(=O)CN(c1ccc(Br)c(C)c1)S(C)(=O)=O. The van der Waals surface area contributed by atoms with Gasteiger partial charge in [-0.3, -0.25) is 13.9 Å². The summed E-state index contributed by atoms with van der Waals surface area (Å²) in [6.07, 6.45) is 2.86. The molecule has 0 radical (unpaired) electrons. The summed E-state index contributed by atoms with van der Waals surface area (Å²) in [6.45, 7) is 7.84. The van der Waals surface area contributed by atoms with Crippen molar-refractivity contribution >= 4 is 43.5 Å². The lowest BCUT2D eigenvalue weighted by molar-refractivity contribution is -0.139. The molecule has 0 spiro atoms.